The third-order valence-corrected chi connectivity index (χ3v) is 4.38. The van der Waals surface area contributed by atoms with Crippen molar-refractivity contribution in [2.24, 2.45) is 0 Å². The predicted molar refractivity (Wildman–Crippen MR) is 116 cm³/mol. The summed E-state index contributed by atoms with van der Waals surface area (Å²) >= 11 is 0. The standard InChI is InChI=1S/C23H24FN3O4/c1-16-4-10-20(21(14-16)29-3)31-22-11-7-18(15-25-22)26-23(28)27(2)12-13-30-19-8-5-17(24)6-9-19/h4-11,14-15H,12-13H2,1-3H3,(H,26,28). The van der Waals surface area contributed by atoms with Crippen LogP contribution in [0.2, 0.25) is 0 Å². The number of ether oxygens (including phenoxy) is 3. The van der Waals surface area contributed by atoms with Gasteiger partial charge in [-0.2, -0.15) is 0 Å². The molecule has 0 aliphatic rings. The summed E-state index contributed by atoms with van der Waals surface area (Å²) in [5.41, 5.74) is 1.59. The van der Waals surface area contributed by atoms with Gasteiger partial charge in [-0.1, -0.05) is 6.07 Å². The van der Waals surface area contributed by atoms with Crippen molar-refractivity contribution in [2.45, 2.75) is 6.92 Å². The van der Waals surface area contributed by atoms with Crippen molar-refractivity contribution in [2.75, 3.05) is 32.6 Å². The van der Waals surface area contributed by atoms with Crippen LogP contribution in [0.15, 0.2) is 60.8 Å². The number of aromatic nitrogens is 1. The molecule has 0 saturated carbocycles. The molecule has 0 bridgehead atoms. The summed E-state index contributed by atoms with van der Waals surface area (Å²) in [4.78, 5) is 18.0. The van der Waals surface area contributed by atoms with Gasteiger partial charge in [0.15, 0.2) is 11.5 Å². The first-order chi connectivity index (χ1) is 14.9. The number of urea groups is 1. The van der Waals surface area contributed by atoms with Gasteiger partial charge in [-0.25, -0.2) is 14.2 Å². The smallest absolute Gasteiger partial charge is 0.321 e. The van der Waals surface area contributed by atoms with Crippen LogP contribution in [-0.2, 0) is 0 Å². The lowest BCUT2D eigenvalue weighted by Gasteiger charge is -2.18. The summed E-state index contributed by atoms with van der Waals surface area (Å²) in [5.74, 6) is 1.76. The molecule has 3 rings (SSSR count). The van der Waals surface area contributed by atoms with Crippen LogP contribution in [0.4, 0.5) is 14.9 Å². The minimum absolute atomic E-state index is 0.277. The van der Waals surface area contributed by atoms with Crippen LogP contribution in [0.5, 0.6) is 23.1 Å². The number of anilines is 1. The van der Waals surface area contributed by atoms with Crippen LogP contribution in [0, 0.1) is 12.7 Å². The average Bonchev–Trinajstić information content (AvgIpc) is 2.77. The molecule has 8 heteroatoms. The van der Waals surface area contributed by atoms with Crippen molar-refractivity contribution in [1.29, 1.82) is 0 Å². The number of pyridine rings is 1. The Kier molecular flexibility index (Phi) is 7.26. The number of nitrogens with zero attached hydrogens (tertiary/aromatic N) is 2. The molecule has 0 aliphatic heterocycles. The fourth-order valence-corrected chi connectivity index (χ4v) is 2.64. The van der Waals surface area contributed by atoms with Crippen LogP contribution in [0.3, 0.4) is 0 Å². The van der Waals surface area contributed by atoms with Gasteiger partial charge in [0.05, 0.1) is 25.5 Å². The summed E-state index contributed by atoms with van der Waals surface area (Å²) < 4.78 is 29.5. The Hall–Kier alpha value is -3.81. The highest BCUT2D eigenvalue weighted by molar-refractivity contribution is 5.88. The minimum Gasteiger partial charge on any atom is -0.493 e. The van der Waals surface area contributed by atoms with Crippen LogP contribution in [-0.4, -0.2) is 43.2 Å². The Morgan fingerprint density at radius 1 is 1.10 bits per heavy atom. The molecule has 0 radical (unpaired) electrons. The lowest BCUT2D eigenvalue weighted by atomic mass is 10.2. The number of likely N-dealkylation sites (N-methyl/N-ethyl adjacent to an activating group) is 1. The molecule has 2 aromatic carbocycles. The van der Waals surface area contributed by atoms with Crippen LogP contribution in [0.25, 0.3) is 0 Å². The molecular formula is C23H24FN3O4. The quantitative estimate of drug-likeness (QED) is 0.557. The molecule has 7 nitrogen and oxygen atoms in total. The number of benzene rings is 2. The third-order valence-electron chi connectivity index (χ3n) is 4.38. The number of hydrogen-bond donors (Lipinski definition) is 1. The Morgan fingerprint density at radius 2 is 1.87 bits per heavy atom. The van der Waals surface area contributed by atoms with Gasteiger partial charge >= 0.3 is 6.03 Å². The lowest BCUT2D eigenvalue weighted by molar-refractivity contribution is 0.207. The second-order valence-electron chi connectivity index (χ2n) is 6.80. The molecule has 3 aromatic rings. The summed E-state index contributed by atoms with van der Waals surface area (Å²) in [6.45, 7) is 2.60. The van der Waals surface area contributed by atoms with Gasteiger partial charge < -0.3 is 24.4 Å². The Labute approximate surface area is 180 Å². The predicted octanol–water partition coefficient (Wildman–Crippen LogP) is 4.87. The zero-order chi connectivity index (χ0) is 22.2. The molecule has 0 fully saturated rings. The van der Waals surface area contributed by atoms with Crippen LogP contribution < -0.4 is 19.5 Å². The molecule has 0 spiro atoms. The maximum atomic E-state index is 12.9. The van der Waals surface area contributed by atoms with Gasteiger partial charge in [-0.05, 0) is 55.0 Å². The second kappa shape index (κ2) is 10.3. The van der Waals surface area contributed by atoms with Crippen molar-refractivity contribution in [1.82, 2.24) is 9.88 Å². The van der Waals surface area contributed by atoms with E-state index in [0.29, 0.717) is 35.4 Å². The Morgan fingerprint density at radius 3 is 2.55 bits per heavy atom. The van der Waals surface area contributed by atoms with E-state index in [-0.39, 0.29) is 18.5 Å². The highest BCUT2D eigenvalue weighted by Crippen LogP contribution is 2.31. The first-order valence-electron chi connectivity index (χ1n) is 9.63. The average molecular weight is 425 g/mol. The van der Waals surface area contributed by atoms with Gasteiger partial charge in [0.1, 0.15) is 18.2 Å². The molecule has 1 aromatic heterocycles. The van der Waals surface area contributed by atoms with E-state index in [2.05, 4.69) is 10.3 Å². The van der Waals surface area contributed by atoms with E-state index in [4.69, 9.17) is 14.2 Å². The number of nitrogens with one attached hydrogen (secondary N) is 1. The fraction of sp³-hybridized carbons (Fsp3) is 0.217. The zero-order valence-electron chi connectivity index (χ0n) is 17.6. The SMILES string of the molecule is COc1cc(C)ccc1Oc1ccc(NC(=O)N(C)CCOc2ccc(F)cc2)cn1. The van der Waals surface area contributed by atoms with Gasteiger partial charge in [-0.3, -0.25) is 0 Å². The van der Waals surface area contributed by atoms with E-state index in [0.717, 1.165) is 5.56 Å². The van der Waals surface area contributed by atoms with Gasteiger partial charge in [0, 0.05) is 13.1 Å². The Bertz CT molecular complexity index is 1010. The third kappa shape index (κ3) is 6.33. The van der Waals surface area contributed by atoms with Crippen molar-refractivity contribution in [3.63, 3.8) is 0 Å². The number of methoxy groups -OCH3 is 1. The first kappa shape index (κ1) is 21.9. The van der Waals surface area contributed by atoms with E-state index in [1.54, 1.807) is 26.3 Å². The number of carbonyl (C=O) groups excluding carboxylic acids is 1. The number of amides is 2. The van der Waals surface area contributed by atoms with Gasteiger partial charge in [0.25, 0.3) is 0 Å². The molecule has 1 heterocycles. The molecule has 1 N–H and O–H groups in total. The number of carbonyl (C=O) groups is 1. The summed E-state index contributed by atoms with van der Waals surface area (Å²) in [6.07, 6.45) is 1.51. The van der Waals surface area contributed by atoms with Crippen molar-refractivity contribution < 1.29 is 23.4 Å². The van der Waals surface area contributed by atoms with Crippen molar-refractivity contribution >= 4 is 11.7 Å². The summed E-state index contributed by atoms with van der Waals surface area (Å²) in [5, 5.41) is 2.76. The van der Waals surface area contributed by atoms with E-state index in [1.807, 2.05) is 25.1 Å². The van der Waals surface area contributed by atoms with Crippen LogP contribution in [0.1, 0.15) is 5.56 Å². The van der Waals surface area contributed by atoms with E-state index in [9.17, 15) is 9.18 Å². The molecule has 162 valence electrons. The molecule has 0 aliphatic carbocycles. The zero-order valence-corrected chi connectivity index (χ0v) is 17.6. The van der Waals surface area contributed by atoms with Gasteiger partial charge in [0.2, 0.25) is 5.88 Å². The minimum atomic E-state index is -0.327. The number of aryl methyl sites for hydroxylation is 1. The fourth-order valence-electron chi connectivity index (χ4n) is 2.64. The topological polar surface area (TPSA) is 72.9 Å². The van der Waals surface area contributed by atoms with E-state index in [1.165, 1.54) is 35.4 Å². The van der Waals surface area contributed by atoms with Gasteiger partial charge in [-0.15, -0.1) is 0 Å². The molecular weight excluding hydrogens is 401 g/mol. The molecule has 2 amide bonds. The molecule has 31 heavy (non-hydrogen) atoms. The largest absolute Gasteiger partial charge is 0.493 e. The summed E-state index contributed by atoms with van der Waals surface area (Å²) in [7, 11) is 3.23. The Balaban J connectivity index is 1.49. The van der Waals surface area contributed by atoms with Crippen molar-refractivity contribution in [3.8, 4) is 23.1 Å². The normalized spacial score (nSPS) is 10.3. The molecule has 0 saturated heterocycles. The number of hydrogen-bond acceptors (Lipinski definition) is 5. The first-order valence-corrected chi connectivity index (χ1v) is 9.63. The summed E-state index contributed by atoms with van der Waals surface area (Å²) in [6, 6.07) is 14.4. The van der Waals surface area contributed by atoms with E-state index < -0.39 is 0 Å². The maximum absolute atomic E-state index is 12.9. The highest BCUT2D eigenvalue weighted by atomic mass is 19.1. The second-order valence-corrected chi connectivity index (χ2v) is 6.80. The van der Waals surface area contributed by atoms with Crippen LogP contribution >= 0.6 is 0 Å². The van der Waals surface area contributed by atoms with E-state index >= 15 is 0 Å². The lowest BCUT2D eigenvalue weighted by Crippen LogP contribution is -2.34. The molecule has 0 atom stereocenters. The monoisotopic (exact) mass is 425 g/mol. The maximum Gasteiger partial charge on any atom is 0.321 e. The number of halogens is 1. The van der Waals surface area contributed by atoms with Crippen molar-refractivity contribution in [3.05, 3.63) is 72.2 Å². The molecule has 0 unspecified atom stereocenters. The highest BCUT2D eigenvalue weighted by Gasteiger charge is 2.11. The number of rotatable bonds is 8.